The van der Waals surface area contributed by atoms with Crippen LogP contribution in [-0.4, -0.2) is 40.1 Å². The molecule has 0 atom stereocenters. The molecule has 2 aromatic rings. The van der Waals surface area contributed by atoms with Crippen molar-refractivity contribution in [1.82, 2.24) is 5.43 Å². The van der Waals surface area contributed by atoms with Gasteiger partial charge in [-0.1, -0.05) is 11.6 Å². The Kier molecular flexibility index (Phi) is 6.91. The van der Waals surface area contributed by atoms with Gasteiger partial charge in [0, 0.05) is 10.0 Å². The topological polar surface area (TPSA) is 97.3 Å². The lowest BCUT2D eigenvalue weighted by atomic mass is 10.2. The van der Waals surface area contributed by atoms with E-state index in [0.717, 1.165) is 12.3 Å². The summed E-state index contributed by atoms with van der Waals surface area (Å²) < 4.78 is 75.0. The highest BCUT2D eigenvalue weighted by atomic mass is 79.9. The zero-order valence-corrected chi connectivity index (χ0v) is 19.3. The van der Waals surface area contributed by atoms with Crippen molar-refractivity contribution in [3.05, 3.63) is 51.0 Å². The largest absolute Gasteiger partial charge is 0.454 e. The number of nitrogens with zero attached hydrogens (tertiary/aromatic N) is 2. The third kappa shape index (κ3) is 5.64. The summed E-state index contributed by atoms with van der Waals surface area (Å²) in [5.74, 6) is 0.0975. The van der Waals surface area contributed by atoms with Gasteiger partial charge in [-0.3, -0.25) is 9.10 Å². The van der Waals surface area contributed by atoms with Gasteiger partial charge in [-0.2, -0.15) is 18.3 Å². The molecule has 2 aromatic carbocycles. The first kappa shape index (κ1) is 24.1. The van der Waals surface area contributed by atoms with Crippen LogP contribution in [0.15, 0.2) is 39.9 Å². The van der Waals surface area contributed by atoms with Gasteiger partial charge >= 0.3 is 6.18 Å². The zero-order valence-electron chi connectivity index (χ0n) is 16.1. The average Bonchev–Trinajstić information content (AvgIpc) is 3.12. The maximum Gasteiger partial charge on any atom is 0.416 e. The predicted molar refractivity (Wildman–Crippen MR) is 115 cm³/mol. The Morgan fingerprint density at radius 1 is 1.28 bits per heavy atom. The van der Waals surface area contributed by atoms with Crippen molar-refractivity contribution in [3.63, 3.8) is 0 Å². The number of carbonyl (C=O) groups is 1. The van der Waals surface area contributed by atoms with Crippen LogP contribution in [0.4, 0.5) is 18.9 Å². The Balaban J connectivity index is 1.78. The average molecular weight is 557 g/mol. The molecule has 0 saturated carbocycles. The fourth-order valence-corrected chi connectivity index (χ4v) is 4.19. The second-order valence-corrected chi connectivity index (χ2v) is 9.62. The van der Waals surface area contributed by atoms with Gasteiger partial charge in [-0.05, 0) is 46.3 Å². The second-order valence-electron chi connectivity index (χ2n) is 6.45. The summed E-state index contributed by atoms with van der Waals surface area (Å²) in [4.78, 5) is 12.3. The molecule has 1 aliphatic heterocycles. The number of sulfonamides is 1. The lowest BCUT2D eigenvalue weighted by Crippen LogP contribution is -2.39. The van der Waals surface area contributed by atoms with Gasteiger partial charge in [-0.15, -0.1) is 0 Å². The van der Waals surface area contributed by atoms with Gasteiger partial charge < -0.3 is 9.47 Å². The van der Waals surface area contributed by atoms with Crippen LogP contribution in [0, 0.1) is 0 Å². The Labute approximate surface area is 194 Å². The van der Waals surface area contributed by atoms with E-state index in [4.69, 9.17) is 21.1 Å². The van der Waals surface area contributed by atoms with Crippen molar-refractivity contribution in [2.75, 3.05) is 23.9 Å². The van der Waals surface area contributed by atoms with Crippen molar-refractivity contribution < 1.29 is 35.9 Å². The summed E-state index contributed by atoms with van der Waals surface area (Å²) in [6, 6.07) is 5.43. The molecule has 3 rings (SSSR count). The molecule has 0 aliphatic carbocycles. The number of alkyl halides is 3. The Hall–Kier alpha value is -2.51. The van der Waals surface area contributed by atoms with E-state index in [0.29, 0.717) is 38.0 Å². The Bertz CT molecular complexity index is 1190. The van der Waals surface area contributed by atoms with E-state index in [-0.39, 0.29) is 11.8 Å². The van der Waals surface area contributed by atoms with Crippen molar-refractivity contribution >= 4 is 55.4 Å². The number of halogens is 5. The molecule has 0 radical (unpaired) electrons. The molecule has 0 saturated heterocycles. The number of amides is 1. The molecule has 1 heterocycles. The number of nitrogens with one attached hydrogen (secondary N) is 1. The number of hydrogen-bond donors (Lipinski definition) is 1. The molecule has 1 aliphatic rings. The molecule has 0 aromatic heterocycles. The molecular weight excluding hydrogens is 543 g/mol. The molecule has 32 heavy (non-hydrogen) atoms. The summed E-state index contributed by atoms with van der Waals surface area (Å²) >= 11 is 9.23. The number of hydrogen-bond acceptors (Lipinski definition) is 6. The van der Waals surface area contributed by atoms with Crippen LogP contribution < -0.4 is 19.2 Å². The number of benzene rings is 2. The first-order valence-corrected chi connectivity index (χ1v) is 11.6. The van der Waals surface area contributed by atoms with Gasteiger partial charge in [0.1, 0.15) is 6.54 Å². The van der Waals surface area contributed by atoms with E-state index in [1.807, 2.05) is 0 Å². The van der Waals surface area contributed by atoms with Crippen LogP contribution in [0.5, 0.6) is 11.5 Å². The summed E-state index contributed by atoms with van der Waals surface area (Å²) in [7, 11) is -4.16. The molecule has 1 amide bonds. The van der Waals surface area contributed by atoms with Crippen molar-refractivity contribution in [2.24, 2.45) is 5.10 Å². The van der Waals surface area contributed by atoms with E-state index < -0.39 is 39.9 Å². The molecule has 1 N–H and O–H groups in total. The van der Waals surface area contributed by atoms with Gasteiger partial charge in [0.15, 0.2) is 11.5 Å². The van der Waals surface area contributed by atoms with Crippen molar-refractivity contribution in [1.29, 1.82) is 0 Å². The quantitative estimate of drug-likeness (QED) is 0.432. The molecule has 0 unspecified atom stereocenters. The molecule has 0 spiro atoms. The highest BCUT2D eigenvalue weighted by Crippen LogP contribution is 2.37. The summed E-state index contributed by atoms with van der Waals surface area (Å²) in [5.41, 5.74) is 1.05. The Morgan fingerprint density at radius 2 is 1.94 bits per heavy atom. The molecule has 0 bridgehead atoms. The third-order valence-corrected chi connectivity index (χ3v) is 6.25. The SMILES string of the molecule is CS(=O)(=O)N(CC(=O)N/N=C\c1cc2c(cc1Br)OCO2)c1cc(C(F)(F)F)ccc1Cl. The van der Waals surface area contributed by atoms with E-state index in [1.54, 1.807) is 12.1 Å². The van der Waals surface area contributed by atoms with E-state index in [1.165, 1.54) is 6.21 Å². The van der Waals surface area contributed by atoms with E-state index >= 15 is 0 Å². The number of hydrazone groups is 1. The molecule has 0 fully saturated rings. The van der Waals surface area contributed by atoms with Crippen LogP contribution in [0.25, 0.3) is 0 Å². The second kappa shape index (κ2) is 9.16. The summed E-state index contributed by atoms with van der Waals surface area (Å²) in [5, 5.41) is 3.48. The maximum absolute atomic E-state index is 13.0. The fraction of sp³-hybridized carbons (Fsp3) is 0.222. The predicted octanol–water partition coefficient (Wildman–Crippen LogP) is 3.77. The molecular formula is C18H14BrClF3N3O5S. The van der Waals surface area contributed by atoms with Gasteiger partial charge in [0.05, 0.1) is 28.7 Å². The van der Waals surface area contributed by atoms with Crippen LogP contribution in [0.3, 0.4) is 0 Å². The number of fused-ring (bicyclic) bond motifs is 1. The van der Waals surface area contributed by atoms with Crippen LogP contribution in [0.2, 0.25) is 5.02 Å². The number of rotatable bonds is 6. The highest BCUT2D eigenvalue weighted by Gasteiger charge is 2.33. The highest BCUT2D eigenvalue weighted by molar-refractivity contribution is 9.10. The third-order valence-electron chi connectivity index (χ3n) is 4.11. The first-order valence-electron chi connectivity index (χ1n) is 8.62. The smallest absolute Gasteiger partial charge is 0.416 e. The zero-order chi connectivity index (χ0) is 23.7. The molecule has 172 valence electrons. The van der Waals surface area contributed by atoms with Crippen LogP contribution in [-0.2, 0) is 21.0 Å². The van der Waals surface area contributed by atoms with Crippen LogP contribution in [0.1, 0.15) is 11.1 Å². The summed E-state index contributed by atoms with van der Waals surface area (Å²) in [6.45, 7) is -0.780. The number of anilines is 1. The summed E-state index contributed by atoms with van der Waals surface area (Å²) in [6.07, 6.45) is -2.72. The fourth-order valence-electron chi connectivity index (χ4n) is 2.63. The number of ether oxygens (including phenoxy) is 2. The van der Waals surface area contributed by atoms with Gasteiger partial charge in [0.25, 0.3) is 5.91 Å². The molecule has 14 heteroatoms. The maximum atomic E-state index is 13.0. The normalized spacial score (nSPS) is 13.4. The number of carbonyl (C=O) groups excluding carboxylic acids is 1. The van der Waals surface area contributed by atoms with Crippen molar-refractivity contribution in [2.45, 2.75) is 6.18 Å². The monoisotopic (exact) mass is 555 g/mol. The minimum Gasteiger partial charge on any atom is -0.454 e. The molecule has 8 nitrogen and oxygen atoms in total. The van der Waals surface area contributed by atoms with E-state index in [2.05, 4.69) is 26.5 Å². The van der Waals surface area contributed by atoms with Gasteiger partial charge in [-0.25, -0.2) is 13.8 Å². The standard InChI is InChI=1S/C18H14BrClF3N3O5S/c1-32(28,29)26(14-5-11(18(21,22)23)2-3-13(14)20)8-17(27)25-24-7-10-4-15-16(6-12(10)19)31-9-30-15/h2-7H,8-9H2,1H3,(H,25,27)/b24-7-. The minimum absolute atomic E-state index is 0.0680. The lowest BCUT2D eigenvalue weighted by Gasteiger charge is -2.23. The van der Waals surface area contributed by atoms with Gasteiger partial charge in [0.2, 0.25) is 16.8 Å². The van der Waals surface area contributed by atoms with E-state index in [9.17, 15) is 26.4 Å². The van der Waals surface area contributed by atoms with Crippen LogP contribution >= 0.6 is 27.5 Å². The first-order chi connectivity index (χ1) is 14.9. The lowest BCUT2D eigenvalue weighted by molar-refractivity contribution is -0.137. The Morgan fingerprint density at radius 3 is 2.56 bits per heavy atom. The van der Waals surface area contributed by atoms with Crippen molar-refractivity contribution in [3.8, 4) is 11.5 Å². The minimum atomic E-state index is -4.73.